The lowest BCUT2D eigenvalue weighted by Crippen LogP contribution is -2.13. The van der Waals surface area contributed by atoms with Crippen LogP contribution in [0.3, 0.4) is 0 Å². The van der Waals surface area contributed by atoms with Gasteiger partial charge in [-0.25, -0.2) is 4.68 Å². The summed E-state index contributed by atoms with van der Waals surface area (Å²) in [5, 5.41) is 12.2. The first-order chi connectivity index (χ1) is 15.2. The maximum Gasteiger partial charge on any atom is 0.277 e. The summed E-state index contributed by atoms with van der Waals surface area (Å²) in [6, 6.07) is 25.9. The molecule has 7 heteroatoms. The van der Waals surface area contributed by atoms with E-state index in [0.29, 0.717) is 17.9 Å². The standard InChI is InChI=1S/C24H19N5OS/c25-20-11-10-17(16-6-2-1-3-7-16)13-21(20)26-24(30)22-15-29(28-27-22)14-19-12-18-8-4-5-9-23(18)31-19/h1-13,15H,14,25H2,(H,26,30). The number of anilines is 2. The van der Waals surface area contributed by atoms with Gasteiger partial charge in [0.05, 0.1) is 24.1 Å². The zero-order valence-electron chi connectivity index (χ0n) is 16.5. The quantitative estimate of drug-likeness (QED) is 0.386. The number of nitrogen functional groups attached to an aromatic ring is 1. The van der Waals surface area contributed by atoms with E-state index in [1.807, 2.05) is 54.6 Å². The molecule has 2 aromatic heterocycles. The summed E-state index contributed by atoms with van der Waals surface area (Å²) in [7, 11) is 0. The van der Waals surface area contributed by atoms with Crippen molar-refractivity contribution in [3.05, 3.63) is 95.6 Å². The van der Waals surface area contributed by atoms with Gasteiger partial charge in [-0.15, -0.1) is 16.4 Å². The maximum absolute atomic E-state index is 12.7. The van der Waals surface area contributed by atoms with Crippen LogP contribution in [0.2, 0.25) is 0 Å². The highest BCUT2D eigenvalue weighted by molar-refractivity contribution is 7.19. The molecule has 0 fully saturated rings. The minimum absolute atomic E-state index is 0.241. The summed E-state index contributed by atoms with van der Waals surface area (Å²) >= 11 is 1.71. The molecular formula is C24H19N5OS. The van der Waals surface area contributed by atoms with Crippen LogP contribution in [0.1, 0.15) is 15.4 Å². The number of nitrogens with two attached hydrogens (primary N) is 1. The summed E-state index contributed by atoms with van der Waals surface area (Å²) in [6.45, 7) is 0.561. The van der Waals surface area contributed by atoms with Crippen molar-refractivity contribution in [1.29, 1.82) is 0 Å². The Morgan fingerprint density at radius 3 is 2.61 bits per heavy atom. The molecule has 31 heavy (non-hydrogen) atoms. The van der Waals surface area contributed by atoms with Crippen LogP contribution < -0.4 is 11.1 Å². The van der Waals surface area contributed by atoms with Crippen LogP contribution in [0.25, 0.3) is 21.2 Å². The number of benzene rings is 3. The van der Waals surface area contributed by atoms with Gasteiger partial charge in [-0.1, -0.05) is 59.8 Å². The van der Waals surface area contributed by atoms with E-state index in [1.165, 1.54) is 10.1 Å². The smallest absolute Gasteiger partial charge is 0.277 e. The Labute approximate surface area is 183 Å². The second-order valence-corrected chi connectivity index (χ2v) is 8.34. The fourth-order valence-corrected chi connectivity index (χ4v) is 4.47. The number of rotatable bonds is 5. The highest BCUT2D eigenvalue weighted by atomic mass is 32.1. The summed E-state index contributed by atoms with van der Waals surface area (Å²) < 4.78 is 2.90. The van der Waals surface area contributed by atoms with Gasteiger partial charge in [0, 0.05) is 9.58 Å². The van der Waals surface area contributed by atoms with Crippen molar-refractivity contribution in [2.45, 2.75) is 6.54 Å². The van der Waals surface area contributed by atoms with Crippen molar-refractivity contribution in [2.75, 3.05) is 11.1 Å². The predicted molar refractivity (Wildman–Crippen MR) is 125 cm³/mol. The van der Waals surface area contributed by atoms with Crippen molar-refractivity contribution >= 4 is 38.7 Å². The van der Waals surface area contributed by atoms with E-state index >= 15 is 0 Å². The molecule has 0 saturated heterocycles. The lowest BCUT2D eigenvalue weighted by atomic mass is 10.0. The fraction of sp³-hybridized carbons (Fsp3) is 0.0417. The van der Waals surface area contributed by atoms with Gasteiger partial charge in [0.2, 0.25) is 0 Å². The van der Waals surface area contributed by atoms with Crippen LogP contribution in [0.4, 0.5) is 11.4 Å². The van der Waals surface area contributed by atoms with Crippen molar-refractivity contribution in [2.24, 2.45) is 0 Å². The molecular weight excluding hydrogens is 406 g/mol. The van der Waals surface area contributed by atoms with Gasteiger partial charge < -0.3 is 11.1 Å². The van der Waals surface area contributed by atoms with Crippen LogP contribution in [-0.2, 0) is 6.54 Å². The third-order valence-electron chi connectivity index (χ3n) is 4.97. The summed E-state index contributed by atoms with van der Waals surface area (Å²) in [5.41, 5.74) is 9.38. The number of thiophene rings is 1. The first-order valence-electron chi connectivity index (χ1n) is 9.79. The Bertz CT molecular complexity index is 1340. The average molecular weight is 426 g/mol. The SMILES string of the molecule is Nc1ccc(-c2ccccc2)cc1NC(=O)c1cn(Cc2cc3ccccc3s2)nn1. The maximum atomic E-state index is 12.7. The molecule has 5 aromatic rings. The number of fused-ring (bicyclic) bond motifs is 1. The zero-order valence-corrected chi connectivity index (χ0v) is 17.3. The molecule has 0 saturated carbocycles. The molecule has 0 aliphatic rings. The minimum Gasteiger partial charge on any atom is -0.397 e. The summed E-state index contributed by atoms with van der Waals surface area (Å²) in [4.78, 5) is 13.9. The van der Waals surface area contributed by atoms with E-state index in [0.717, 1.165) is 16.0 Å². The van der Waals surface area contributed by atoms with E-state index in [2.05, 4.69) is 33.8 Å². The predicted octanol–water partition coefficient (Wildman–Crippen LogP) is 5.04. The van der Waals surface area contributed by atoms with E-state index in [-0.39, 0.29) is 11.6 Å². The van der Waals surface area contributed by atoms with Crippen LogP contribution in [-0.4, -0.2) is 20.9 Å². The molecule has 0 bridgehead atoms. The van der Waals surface area contributed by atoms with Crippen LogP contribution >= 0.6 is 11.3 Å². The molecule has 3 N–H and O–H groups in total. The molecule has 6 nitrogen and oxygen atoms in total. The minimum atomic E-state index is -0.348. The van der Waals surface area contributed by atoms with Gasteiger partial charge in [-0.05, 0) is 40.8 Å². The number of nitrogens with zero attached hydrogens (tertiary/aromatic N) is 3. The lowest BCUT2D eigenvalue weighted by molar-refractivity contribution is 0.102. The second-order valence-electron chi connectivity index (χ2n) is 7.17. The number of hydrogen-bond acceptors (Lipinski definition) is 5. The molecule has 2 heterocycles. The first kappa shape index (κ1) is 19.0. The number of nitrogens with one attached hydrogen (secondary N) is 1. The third kappa shape index (κ3) is 4.04. The molecule has 0 unspecified atom stereocenters. The summed E-state index contributed by atoms with van der Waals surface area (Å²) in [6.07, 6.45) is 1.65. The first-order valence-corrected chi connectivity index (χ1v) is 10.6. The van der Waals surface area contributed by atoms with Gasteiger partial charge in [0.15, 0.2) is 5.69 Å². The fourth-order valence-electron chi connectivity index (χ4n) is 3.42. The Morgan fingerprint density at radius 2 is 1.77 bits per heavy atom. The number of amides is 1. The van der Waals surface area contributed by atoms with E-state index in [4.69, 9.17) is 5.73 Å². The van der Waals surface area contributed by atoms with E-state index in [1.54, 1.807) is 28.3 Å². The van der Waals surface area contributed by atoms with Gasteiger partial charge >= 0.3 is 0 Å². The van der Waals surface area contributed by atoms with Crippen molar-refractivity contribution in [3.63, 3.8) is 0 Å². The number of aromatic nitrogens is 3. The topological polar surface area (TPSA) is 85.8 Å². The molecule has 1 amide bonds. The highest BCUT2D eigenvalue weighted by Gasteiger charge is 2.14. The third-order valence-corrected chi connectivity index (χ3v) is 6.08. The molecule has 0 aliphatic heterocycles. The Hall–Kier alpha value is -3.97. The van der Waals surface area contributed by atoms with Gasteiger partial charge in [-0.2, -0.15) is 0 Å². The Kier molecular flexibility index (Phi) is 4.93. The Balaban J connectivity index is 1.33. The second kappa shape index (κ2) is 8.04. The zero-order chi connectivity index (χ0) is 21.2. The molecule has 152 valence electrons. The monoisotopic (exact) mass is 425 g/mol. The average Bonchev–Trinajstić information content (AvgIpc) is 3.42. The van der Waals surface area contributed by atoms with Gasteiger partial charge in [0.25, 0.3) is 5.91 Å². The van der Waals surface area contributed by atoms with Crippen LogP contribution in [0, 0.1) is 0 Å². The molecule has 0 atom stereocenters. The molecule has 0 radical (unpaired) electrons. The van der Waals surface area contributed by atoms with Gasteiger partial charge in [-0.3, -0.25) is 4.79 Å². The van der Waals surface area contributed by atoms with Gasteiger partial charge in [0.1, 0.15) is 0 Å². The lowest BCUT2D eigenvalue weighted by Gasteiger charge is -2.09. The molecule has 0 aliphatic carbocycles. The van der Waals surface area contributed by atoms with Crippen molar-refractivity contribution < 1.29 is 4.79 Å². The van der Waals surface area contributed by atoms with Crippen LogP contribution in [0.5, 0.6) is 0 Å². The van der Waals surface area contributed by atoms with E-state index < -0.39 is 0 Å². The normalized spacial score (nSPS) is 11.0. The van der Waals surface area contributed by atoms with Crippen LogP contribution in [0.15, 0.2) is 85.1 Å². The summed E-state index contributed by atoms with van der Waals surface area (Å²) in [5.74, 6) is -0.348. The molecule has 3 aromatic carbocycles. The number of carbonyl (C=O) groups is 1. The Morgan fingerprint density at radius 1 is 0.968 bits per heavy atom. The van der Waals surface area contributed by atoms with E-state index in [9.17, 15) is 4.79 Å². The largest absolute Gasteiger partial charge is 0.397 e. The van der Waals surface area contributed by atoms with Crippen molar-refractivity contribution in [1.82, 2.24) is 15.0 Å². The molecule has 5 rings (SSSR count). The highest BCUT2D eigenvalue weighted by Crippen LogP contribution is 2.28. The number of carbonyl (C=O) groups excluding carboxylic acids is 1. The van der Waals surface area contributed by atoms with Crippen molar-refractivity contribution in [3.8, 4) is 11.1 Å². The number of hydrogen-bond donors (Lipinski definition) is 2. The molecule has 0 spiro atoms.